The summed E-state index contributed by atoms with van der Waals surface area (Å²) in [5.74, 6) is -2.03. The number of Topliss-reactive ketones (excluding diaryl/α,β-unsaturated/α-hetero) is 1. The average Bonchev–Trinajstić information content (AvgIpc) is 2.84. The molecule has 0 unspecified atom stereocenters. The predicted molar refractivity (Wildman–Crippen MR) is 163 cm³/mol. The summed E-state index contributed by atoms with van der Waals surface area (Å²) < 4.78 is 26.1. The Kier molecular flexibility index (Phi) is 12.2. The van der Waals surface area contributed by atoms with Crippen LogP contribution in [0.2, 0.25) is 20.2 Å². The third-order valence-corrected chi connectivity index (χ3v) is 8.86. The molecule has 1 aromatic heterocycles. The number of esters is 1. The van der Waals surface area contributed by atoms with Crippen molar-refractivity contribution in [2.45, 2.75) is 78.5 Å². The van der Waals surface area contributed by atoms with Gasteiger partial charge in [0, 0.05) is 23.9 Å². The molecule has 1 atom stereocenters. The van der Waals surface area contributed by atoms with Crippen molar-refractivity contribution < 1.29 is 23.1 Å². The van der Waals surface area contributed by atoms with Gasteiger partial charge in [-0.25, -0.2) is 14.2 Å². The van der Waals surface area contributed by atoms with E-state index in [1.165, 1.54) is 18.3 Å². The molecule has 40 heavy (non-hydrogen) atoms. The molecule has 0 amide bonds. The van der Waals surface area contributed by atoms with E-state index in [0.29, 0.717) is 0 Å². The Morgan fingerprint density at radius 2 is 1.80 bits per heavy atom. The monoisotopic (exact) mass is 630 g/mol. The molecule has 2 aromatic rings. The molecule has 2 rings (SSSR count). The van der Waals surface area contributed by atoms with Gasteiger partial charge in [-0.2, -0.15) is 0 Å². The van der Waals surface area contributed by atoms with Gasteiger partial charge in [0.1, 0.15) is 16.5 Å². The van der Waals surface area contributed by atoms with Crippen molar-refractivity contribution in [3.05, 3.63) is 73.9 Å². The van der Waals surface area contributed by atoms with Crippen LogP contribution in [0.1, 0.15) is 77.0 Å². The van der Waals surface area contributed by atoms with Crippen molar-refractivity contribution >= 4 is 56.3 Å². The van der Waals surface area contributed by atoms with Gasteiger partial charge >= 0.3 is 5.97 Å². The van der Waals surface area contributed by atoms with Crippen LogP contribution in [0.5, 0.6) is 0 Å². The van der Waals surface area contributed by atoms with E-state index >= 15 is 0 Å². The first kappa shape index (κ1) is 34.2. The minimum atomic E-state index is -0.885. The number of carbonyl (C=O) groups excluding carboxylic acids is 2. The first-order valence-electron chi connectivity index (χ1n) is 13.1. The third kappa shape index (κ3) is 9.28. The van der Waals surface area contributed by atoms with E-state index in [0.717, 1.165) is 0 Å². The maximum absolute atomic E-state index is 14.5. The van der Waals surface area contributed by atoms with Crippen LogP contribution in [0, 0.1) is 11.7 Å². The Hall–Kier alpha value is -1.97. The van der Waals surface area contributed by atoms with Crippen LogP contribution in [0.25, 0.3) is 0 Å². The zero-order valence-corrected chi connectivity index (χ0v) is 27.9. The van der Waals surface area contributed by atoms with Gasteiger partial charge in [0.05, 0.1) is 28.3 Å². The maximum Gasteiger partial charge on any atom is 0.343 e. The molecule has 0 spiro atoms. The van der Waals surface area contributed by atoms with Crippen molar-refractivity contribution in [1.82, 2.24) is 10.3 Å². The van der Waals surface area contributed by atoms with E-state index < -0.39 is 32.9 Å². The quantitative estimate of drug-likeness (QED) is 0.0512. The summed E-state index contributed by atoms with van der Waals surface area (Å²) in [6.07, 6.45) is 1.36. The first-order valence-corrected chi connectivity index (χ1v) is 15.5. The van der Waals surface area contributed by atoms with Gasteiger partial charge in [0.2, 0.25) is 5.78 Å². The van der Waals surface area contributed by atoms with Crippen LogP contribution in [-0.4, -0.2) is 44.7 Å². The highest BCUT2D eigenvalue weighted by atomic mass is 35.5. The lowest BCUT2D eigenvalue weighted by Gasteiger charge is -2.39. The number of nitrogens with one attached hydrogen (secondary N) is 1. The van der Waals surface area contributed by atoms with Gasteiger partial charge in [0.15, 0.2) is 9.76 Å². The van der Waals surface area contributed by atoms with E-state index in [2.05, 4.69) is 31.1 Å². The van der Waals surface area contributed by atoms with Gasteiger partial charge in [-0.15, -0.1) is 0 Å². The van der Waals surface area contributed by atoms with Crippen molar-refractivity contribution in [1.29, 1.82) is 0 Å². The first-order chi connectivity index (χ1) is 18.5. The number of ether oxygens (including phenoxy) is 1. The predicted octanol–water partition coefficient (Wildman–Crippen LogP) is 7.11. The van der Waals surface area contributed by atoms with Crippen LogP contribution in [0.4, 0.5) is 4.39 Å². The summed E-state index contributed by atoms with van der Waals surface area (Å²) in [6.45, 7) is 16.2. The van der Waals surface area contributed by atoms with Gasteiger partial charge in [-0.05, 0) is 49.4 Å². The zero-order chi connectivity index (χ0) is 30.4. The number of nitrogens with zero attached hydrogens (tertiary/aromatic N) is 1. The minimum absolute atomic E-state index is 0.00111. The van der Waals surface area contributed by atoms with Crippen molar-refractivity contribution in [2.75, 3.05) is 6.61 Å². The fraction of sp³-hybridized carbons (Fsp3) is 0.483. The fourth-order valence-electron chi connectivity index (χ4n) is 4.12. The Morgan fingerprint density at radius 1 is 1.15 bits per heavy atom. The number of rotatable bonds is 12. The Balaban J connectivity index is 2.50. The summed E-state index contributed by atoms with van der Waals surface area (Å²) >= 11 is 18.6. The highest BCUT2D eigenvalue weighted by molar-refractivity contribution is 6.44. The standard InChI is InChI=1S/C29H38Cl3FN2O4Si/c1-9-38-27(37)20(15-34-25(16(2)3)29(7,8)39-40-28(4,5)6)24(36)19-14-18(35-26(32)22(19)31)13-17-11-10-12-21(30)23(17)33/h10-12,14-16,25,34H,9,13,40H2,1-8H3/t25-/m0/s1. The van der Waals surface area contributed by atoms with E-state index in [9.17, 15) is 14.0 Å². The van der Waals surface area contributed by atoms with Gasteiger partial charge in [-0.1, -0.05) is 81.6 Å². The second-order valence-electron chi connectivity index (χ2n) is 11.6. The van der Waals surface area contributed by atoms with Crippen LogP contribution in [0.15, 0.2) is 36.0 Å². The number of ketones is 1. The molecule has 1 heterocycles. The van der Waals surface area contributed by atoms with Crippen LogP contribution in [0.3, 0.4) is 0 Å². The molecule has 6 nitrogen and oxygen atoms in total. The molecule has 220 valence electrons. The maximum atomic E-state index is 14.5. The molecular formula is C29H38Cl3FN2O4Si. The molecule has 11 heteroatoms. The van der Waals surface area contributed by atoms with Crippen LogP contribution < -0.4 is 5.32 Å². The van der Waals surface area contributed by atoms with E-state index in [1.54, 1.807) is 19.1 Å². The number of hydrogen-bond acceptors (Lipinski definition) is 6. The molecule has 0 aliphatic heterocycles. The Labute approximate surface area is 253 Å². The lowest BCUT2D eigenvalue weighted by atomic mass is 9.89. The molecule has 0 saturated carbocycles. The normalized spacial score (nSPS) is 13.7. The fourth-order valence-corrected chi connectivity index (χ4v) is 5.69. The van der Waals surface area contributed by atoms with Gasteiger partial charge in [-0.3, -0.25) is 4.79 Å². The third-order valence-electron chi connectivity index (χ3n) is 6.06. The summed E-state index contributed by atoms with van der Waals surface area (Å²) in [6, 6.07) is 5.75. The number of benzene rings is 1. The number of hydrogen-bond donors (Lipinski definition) is 1. The SMILES string of the molecule is CCOC(=O)C(=CN[C@@H](C(C)C)C(C)(C)O[SiH2]C(C)(C)C)C(=O)c1cc(Cc2cccc(Cl)c2F)nc(Cl)c1Cl. The Bertz CT molecular complexity index is 1260. The van der Waals surface area contributed by atoms with E-state index in [4.69, 9.17) is 44.0 Å². The highest BCUT2D eigenvalue weighted by Crippen LogP contribution is 2.30. The van der Waals surface area contributed by atoms with Crippen molar-refractivity contribution in [2.24, 2.45) is 5.92 Å². The summed E-state index contributed by atoms with van der Waals surface area (Å²) in [5, 5.41) is 3.02. The Morgan fingerprint density at radius 3 is 2.38 bits per heavy atom. The summed E-state index contributed by atoms with van der Waals surface area (Å²) in [4.78, 5) is 30.9. The lowest BCUT2D eigenvalue weighted by molar-refractivity contribution is -0.138. The summed E-state index contributed by atoms with van der Waals surface area (Å²) in [7, 11) is -0.885. The number of pyridine rings is 1. The number of carbonyl (C=O) groups is 2. The van der Waals surface area contributed by atoms with Crippen LogP contribution >= 0.6 is 34.8 Å². The summed E-state index contributed by atoms with van der Waals surface area (Å²) in [5.41, 5.74) is -0.367. The van der Waals surface area contributed by atoms with E-state index in [-0.39, 0.29) is 67.6 Å². The molecule has 1 N–H and O–H groups in total. The topological polar surface area (TPSA) is 77.5 Å². The van der Waals surface area contributed by atoms with Gasteiger partial charge < -0.3 is 14.5 Å². The zero-order valence-electron chi connectivity index (χ0n) is 24.3. The van der Waals surface area contributed by atoms with Crippen molar-refractivity contribution in [3.63, 3.8) is 0 Å². The molecule has 0 aliphatic rings. The molecule has 0 fully saturated rings. The van der Waals surface area contributed by atoms with E-state index in [1.807, 2.05) is 27.7 Å². The molecule has 0 saturated heterocycles. The average molecular weight is 632 g/mol. The second-order valence-corrected chi connectivity index (χ2v) is 15.4. The molecular weight excluding hydrogens is 594 g/mol. The molecule has 0 radical (unpaired) electrons. The molecule has 1 aromatic carbocycles. The largest absolute Gasteiger partial charge is 0.462 e. The molecule has 0 aliphatic carbocycles. The number of aromatic nitrogens is 1. The second kappa shape index (κ2) is 14.3. The highest BCUT2D eigenvalue weighted by Gasteiger charge is 2.34. The molecule has 0 bridgehead atoms. The lowest BCUT2D eigenvalue weighted by Crippen LogP contribution is -2.51. The smallest absolute Gasteiger partial charge is 0.343 e. The minimum Gasteiger partial charge on any atom is -0.462 e. The number of halogens is 4. The van der Waals surface area contributed by atoms with Crippen LogP contribution in [-0.2, 0) is 20.4 Å². The van der Waals surface area contributed by atoms with Gasteiger partial charge in [0.25, 0.3) is 0 Å². The van der Waals surface area contributed by atoms with Crippen molar-refractivity contribution in [3.8, 4) is 0 Å².